The zero-order chi connectivity index (χ0) is 17.1. The molecule has 3 rings (SSSR count). The van der Waals surface area contributed by atoms with Crippen LogP contribution in [-0.4, -0.2) is 11.9 Å². The average molecular weight is 362 g/mol. The molecule has 0 saturated carbocycles. The Labute approximate surface area is 149 Å². The summed E-state index contributed by atoms with van der Waals surface area (Å²) in [6, 6.07) is 14.5. The van der Waals surface area contributed by atoms with Crippen LogP contribution in [0, 0.1) is 5.82 Å². The molecule has 1 heterocycles. The van der Waals surface area contributed by atoms with Crippen LogP contribution in [0.3, 0.4) is 0 Å². The molecule has 0 spiro atoms. The van der Waals surface area contributed by atoms with Gasteiger partial charge < -0.3 is 5.32 Å². The van der Waals surface area contributed by atoms with Crippen molar-refractivity contribution in [3.05, 3.63) is 69.8 Å². The Morgan fingerprint density at radius 2 is 2.00 bits per heavy atom. The number of hydrogen-bond donors (Lipinski definition) is 1. The first-order valence-electron chi connectivity index (χ1n) is 7.77. The fourth-order valence-electron chi connectivity index (χ4n) is 2.57. The van der Waals surface area contributed by atoms with Crippen molar-refractivity contribution in [1.82, 2.24) is 5.32 Å². The van der Waals surface area contributed by atoms with E-state index in [1.54, 1.807) is 6.07 Å². The van der Waals surface area contributed by atoms with Crippen LogP contribution in [0.15, 0.2) is 48.5 Å². The lowest BCUT2D eigenvalue weighted by Gasteiger charge is -2.13. The molecule has 0 radical (unpaired) electrons. The molecule has 2 aromatic carbocycles. The summed E-state index contributed by atoms with van der Waals surface area (Å²) in [5, 5.41) is 4.08. The standard InChI is InChI=1S/C19H17ClFNOS/c1-12(7-8-13-5-3-2-4-6-13)22-19(23)18-17(20)15-10-9-14(21)11-16(15)24-18/h2-6,9-12H,7-8H2,1H3,(H,22,23). The fraction of sp³-hybridized carbons (Fsp3) is 0.211. The van der Waals surface area contributed by atoms with Crippen LogP contribution in [0.2, 0.25) is 5.02 Å². The summed E-state index contributed by atoms with van der Waals surface area (Å²) < 4.78 is 14.0. The maximum absolute atomic E-state index is 13.3. The van der Waals surface area contributed by atoms with E-state index in [4.69, 9.17) is 11.6 Å². The third kappa shape index (κ3) is 3.77. The second kappa shape index (κ2) is 7.32. The number of rotatable bonds is 5. The van der Waals surface area contributed by atoms with Crippen LogP contribution in [-0.2, 0) is 6.42 Å². The number of nitrogens with one attached hydrogen (secondary N) is 1. The molecule has 2 nitrogen and oxygen atoms in total. The van der Waals surface area contributed by atoms with Gasteiger partial charge in [0.2, 0.25) is 0 Å². The van der Waals surface area contributed by atoms with Crippen LogP contribution >= 0.6 is 22.9 Å². The lowest BCUT2D eigenvalue weighted by molar-refractivity contribution is 0.0943. The highest BCUT2D eigenvalue weighted by Crippen LogP contribution is 2.35. The van der Waals surface area contributed by atoms with E-state index in [-0.39, 0.29) is 17.8 Å². The summed E-state index contributed by atoms with van der Waals surface area (Å²) in [6.45, 7) is 1.97. The Hall–Kier alpha value is -1.91. The number of halogens is 2. The van der Waals surface area contributed by atoms with Crippen LogP contribution < -0.4 is 5.32 Å². The minimum absolute atomic E-state index is 0.0238. The van der Waals surface area contributed by atoms with Gasteiger partial charge >= 0.3 is 0 Å². The molecule has 1 unspecified atom stereocenters. The second-order valence-electron chi connectivity index (χ2n) is 5.78. The van der Waals surface area contributed by atoms with E-state index in [0.717, 1.165) is 12.8 Å². The summed E-state index contributed by atoms with van der Waals surface area (Å²) in [6.07, 6.45) is 1.74. The zero-order valence-corrected chi connectivity index (χ0v) is 14.8. The molecule has 0 aliphatic rings. The molecule has 0 saturated heterocycles. The van der Waals surface area contributed by atoms with Gasteiger partial charge in [-0.25, -0.2) is 4.39 Å². The Balaban J connectivity index is 1.67. The minimum Gasteiger partial charge on any atom is -0.349 e. The van der Waals surface area contributed by atoms with Crippen molar-refractivity contribution in [2.24, 2.45) is 0 Å². The molecule has 124 valence electrons. The normalized spacial score (nSPS) is 12.3. The predicted octanol–water partition coefficient (Wildman–Crippen LogP) is 5.44. The van der Waals surface area contributed by atoms with Crippen molar-refractivity contribution in [2.45, 2.75) is 25.8 Å². The molecule has 3 aromatic rings. The number of thiophene rings is 1. The van der Waals surface area contributed by atoms with Gasteiger partial charge in [0.15, 0.2) is 0 Å². The Morgan fingerprint density at radius 3 is 2.75 bits per heavy atom. The number of aryl methyl sites for hydroxylation is 1. The number of benzene rings is 2. The summed E-state index contributed by atoms with van der Waals surface area (Å²) in [5.41, 5.74) is 1.24. The van der Waals surface area contributed by atoms with Crippen molar-refractivity contribution < 1.29 is 9.18 Å². The Bertz CT molecular complexity index is 862. The quantitative estimate of drug-likeness (QED) is 0.643. The number of carbonyl (C=O) groups is 1. The van der Waals surface area contributed by atoms with Gasteiger partial charge in [-0.2, -0.15) is 0 Å². The van der Waals surface area contributed by atoms with Crippen LogP contribution in [0.5, 0.6) is 0 Å². The van der Waals surface area contributed by atoms with E-state index in [1.807, 2.05) is 25.1 Å². The molecule has 1 N–H and O–H groups in total. The SMILES string of the molecule is CC(CCc1ccccc1)NC(=O)c1sc2cc(F)ccc2c1Cl. The molecule has 1 amide bonds. The average Bonchev–Trinajstić information content (AvgIpc) is 2.90. The Morgan fingerprint density at radius 1 is 1.25 bits per heavy atom. The lowest BCUT2D eigenvalue weighted by Crippen LogP contribution is -2.32. The molecule has 1 aromatic heterocycles. The van der Waals surface area contributed by atoms with Crippen molar-refractivity contribution >= 4 is 38.9 Å². The minimum atomic E-state index is -0.330. The number of carbonyl (C=O) groups excluding carboxylic acids is 1. The first kappa shape index (κ1) is 16.9. The highest BCUT2D eigenvalue weighted by atomic mass is 35.5. The summed E-state index contributed by atoms with van der Waals surface area (Å²) in [4.78, 5) is 12.9. The summed E-state index contributed by atoms with van der Waals surface area (Å²) in [7, 11) is 0. The largest absolute Gasteiger partial charge is 0.349 e. The van der Waals surface area contributed by atoms with Crippen LogP contribution in [0.25, 0.3) is 10.1 Å². The number of fused-ring (bicyclic) bond motifs is 1. The number of hydrogen-bond acceptors (Lipinski definition) is 2. The maximum atomic E-state index is 13.3. The fourth-order valence-corrected chi connectivity index (χ4v) is 4.02. The first-order chi connectivity index (χ1) is 11.5. The van der Waals surface area contributed by atoms with Crippen LogP contribution in [0.4, 0.5) is 4.39 Å². The molecule has 0 fully saturated rings. The summed E-state index contributed by atoms with van der Waals surface area (Å²) >= 11 is 7.51. The topological polar surface area (TPSA) is 29.1 Å². The Kier molecular flexibility index (Phi) is 5.17. The molecule has 5 heteroatoms. The van der Waals surface area contributed by atoms with E-state index in [0.29, 0.717) is 20.0 Å². The number of amides is 1. The van der Waals surface area contributed by atoms with E-state index in [1.165, 1.54) is 29.0 Å². The molecular weight excluding hydrogens is 345 g/mol. The molecular formula is C19H17ClFNOS. The van der Waals surface area contributed by atoms with Gasteiger partial charge in [0, 0.05) is 16.1 Å². The molecule has 24 heavy (non-hydrogen) atoms. The third-order valence-corrected chi connectivity index (χ3v) is 5.54. The van der Waals surface area contributed by atoms with E-state index in [2.05, 4.69) is 17.4 Å². The smallest absolute Gasteiger partial charge is 0.263 e. The van der Waals surface area contributed by atoms with Gasteiger partial charge in [-0.3, -0.25) is 4.79 Å². The molecule has 0 aliphatic heterocycles. The van der Waals surface area contributed by atoms with Gasteiger partial charge in [0.1, 0.15) is 10.7 Å². The third-order valence-electron chi connectivity index (χ3n) is 3.88. The van der Waals surface area contributed by atoms with Crippen molar-refractivity contribution in [1.29, 1.82) is 0 Å². The van der Waals surface area contributed by atoms with Gasteiger partial charge in [0.25, 0.3) is 5.91 Å². The van der Waals surface area contributed by atoms with Crippen LogP contribution in [0.1, 0.15) is 28.6 Å². The van der Waals surface area contributed by atoms with Gasteiger partial charge in [-0.05, 0) is 43.5 Å². The van der Waals surface area contributed by atoms with Crippen molar-refractivity contribution in [3.63, 3.8) is 0 Å². The highest BCUT2D eigenvalue weighted by molar-refractivity contribution is 7.21. The van der Waals surface area contributed by atoms with Crippen molar-refractivity contribution in [3.8, 4) is 0 Å². The monoisotopic (exact) mass is 361 g/mol. The van der Waals surface area contributed by atoms with E-state index in [9.17, 15) is 9.18 Å². The second-order valence-corrected chi connectivity index (χ2v) is 7.21. The van der Waals surface area contributed by atoms with Gasteiger partial charge in [-0.15, -0.1) is 11.3 Å². The highest BCUT2D eigenvalue weighted by Gasteiger charge is 2.18. The summed E-state index contributed by atoms with van der Waals surface area (Å²) in [5.74, 6) is -0.536. The molecule has 0 bridgehead atoms. The van der Waals surface area contributed by atoms with Crippen molar-refractivity contribution in [2.75, 3.05) is 0 Å². The lowest BCUT2D eigenvalue weighted by atomic mass is 10.1. The first-order valence-corrected chi connectivity index (χ1v) is 8.96. The van der Waals surface area contributed by atoms with E-state index >= 15 is 0 Å². The maximum Gasteiger partial charge on any atom is 0.263 e. The predicted molar refractivity (Wildman–Crippen MR) is 98.5 cm³/mol. The van der Waals surface area contributed by atoms with Gasteiger partial charge in [0.05, 0.1) is 5.02 Å². The molecule has 0 aliphatic carbocycles. The zero-order valence-electron chi connectivity index (χ0n) is 13.2. The van der Waals surface area contributed by atoms with E-state index < -0.39 is 0 Å². The molecule has 1 atom stereocenters. The van der Waals surface area contributed by atoms with Gasteiger partial charge in [-0.1, -0.05) is 41.9 Å².